The lowest BCUT2D eigenvalue weighted by molar-refractivity contribution is 0.353. The molecule has 0 aromatic heterocycles. The van der Waals surface area contributed by atoms with Crippen molar-refractivity contribution in [3.63, 3.8) is 0 Å². The summed E-state index contributed by atoms with van der Waals surface area (Å²) in [7, 11) is 1.28. The highest BCUT2D eigenvalue weighted by molar-refractivity contribution is 14.1. The molecule has 0 aliphatic rings. The van der Waals surface area contributed by atoms with Crippen molar-refractivity contribution in [1.29, 1.82) is 0 Å². The fourth-order valence-electron chi connectivity index (χ4n) is 2.22. The molecule has 0 spiro atoms. The van der Waals surface area contributed by atoms with Gasteiger partial charge in [0, 0.05) is 5.41 Å². The third-order valence-corrected chi connectivity index (χ3v) is 5.54. The molecule has 0 unspecified atom stereocenters. The van der Waals surface area contributed by atoms with Crippen molar-refractivity contribution in [2.24, 2.45) is 0 Å². The Bertz CT molecular complexity index is 858. The van der Waals surface area contributed by atoms with Crippen LogP contribution in [0, 0.1) is 3.57 Å². The molecule has 0 amide bonds. The van der Waals surface area contributed by atoms with Gasteiger partial charge in [0.05, 0.1) is 30.7 Å². The van der Waals surface area contributed by atoms with Crippen LogP contribution in [-0.2, 0) is 15.6 Å². The monoisotopic (exact) mass is 474 g/mol. The quantitative estimate of drug-likeness (QED) is 0.570. The minimum Gasteiger partial charge on any atom is -0.497 e. The first-order valence-electron chi connectivity index (χ1n) is 7.34. The van der Waals surface area contributed by atoms with Crippen LogP contribution in [0.1, 0.15) is 11.1 Å². The zero-order valence-electron chi connectivity index (χ0n) is 14.2. The molecule has 7 heteroatoms. The molecular weight excluding hydrogens is 455 g/mol. The predicted molar refractivity (Wildman–Crippen MR) is 107 cm³/mol. The van der Waals surface area contributed by atoms with Crippen LogP contribution in [-0.4, -0.2) is 29.7 Å². The lowest BCUT2D eigenvalue weighted by atomic mass is 10.2. The molecule has 0 heterocycles. The van der Waals surface area contributed by atoms with Crippen LogP contribution < -0.4 is 14.2 Å². The Morgan fingerprint density at radius 3 is 2.24 bits per heavy atom. The van der Waals surface area contributed by atoms with Crippen LogP contribution in [0.5, 0.6) is 17.2 Å². The van der Waals surface area contributed by atoms with Gasteiger partial charge in [-0.1, -0.05) is 12.1 Å². The molecule has 0 N–H and O–H groups in total. The second kappa shape index (κ2) is 8.57. The Kier molecular flexibility index (Phi) is 6.71. The van der Waals surface area contributed by atoms with Crippen LogP contribution in [0.3, 0.4) is 0 Å². The highest BCUT2D eigenvalue weighted by Crippen LogP contribution is 2.34. The molecule has 0 saturated carbocycles. The van der Waals surface area contributed by atoms with E-state index in [1.807, 2.05) is 6.07 Å². The second-order valence-electron chi connectivity index (χ2n) is 5.20. The van der Waals surface area contributed by atoms with Gasteiger partial charge in [0.2, 0.25) is 0 Å². The summed E-state index contributed by atoms with van der Waals surface area (Å²) in [5.41, 5.74) is 1.42. The molecule has 2 aromatic rings. The van der Waals surface area contributed by atoms with Crippen LogP contribution in [0.25, 0.3) is 6.08 Å². The largest absolute Gasteiger partial charge is 0.497 e. The highest BCUT2D eigenvalue weighted by Gasteiger charge is 2.11. The van der Waals surface area contributed by atoms with Crippen molar-refractivity contribution in [2.75, 3.05) is 21.3 Å². The minimum atomic E-state index is -3.40. The fourth-order valence-corrected chi connectivity index (χ4v) is 4.18. The Balaban J connectivity index is 2.20. The van der Waals surface area contributed by atoms with Gasteiger partial charge < -0.3 is 14.2 Å². The Hall–Kier alpha value is -1.74. The second-order valence-corrected chi connectivity index (χ2v) is 8.25. The van der Waals surface area contributed by atoms with Gasteiger partial charge in [-0.05, 0) is 64.1 Å². The maximum atomic E-state index is 12.3. The SMILES string of the molecule is COc1ccc(CS(=O)(=O)/C=C/c2cc(I)c(OC)c(OC)c2)cc1. The van der Waals surface area contributed by atoms with Crippen LogP contribution in [0.2, 0.25) is 0 Å². The van der Waals surface area contributed by atoms with E-state index in [0.717, 1.165) is 9.13 Å². The van der Waals surface area contributed by atoms with E-state index in [4.69, 9.17) is 14.2 Å². The molecule has 2 rings (SSSR count). The first-order chi connectivity index (χ1) is 11.9. The number of methoxy groups -OCH3 is 3. The smallest absolute Gasteiger partial charge is 0.175 e. The molecule has 0 bridgehead atoms. The van der Waals surface area contributed by atoms with E-state index in [1.54, 1.807) is 57.7 Å². The molecule has 0 aliphatic heterocycles. The van der Waals surface area contributed by atoms with Crippen LogP contribution in [0.15, 0.2) is 41.8 Å². The summed E-state index contributed by atoms with van der Waals surface area (Å²) in [6.45, 7) is 0. The number of sulfone groups is 1. The summed E-state index contributed by atoms with van der Waals surface area (Å²) in [6.07, 6.45) is 1.56. The normalized spacial score (nSPS) is 11.5. The number of hydrogen-bond donors (Lipinski definition) is 0. The van der Waals surface area contributed by atoms with Gasteiger partial charge in [0.1, 0.15) is 5.75 Å². The Labute approximate surface area is 161 Å². The Morgan fingerprint density at radius 2 is 1.68 bits per heavy atom. The number of hydrogen-bond acceptors (Lipinski definition) is 5. The molecule has 134 valence electrons. The Morgan fingerprint density at radius 1 is 1.00 bits per heavy atom. The molecule has 2 aromatic carbocycles. The van der Waals surface area contributed by atoms with Crippen molar-refractivity contribution in [3.8, 4) is 17.2 Å². The molecule has 25 heavy (non-hydrogen) atoms. The van der Waals surface area contributed by atoms with Crippen LogP contribution in [0.4, 0.5) is 0 Å². The predicted octanol–water partition coefficient (Wildman–Crippen LogP) is 3.90. The first kappa shape index (κ1) is 19.6. The minimum absolute atomic E-state index is 0.0716. The highest BCUT2D eigenvalue weighted by atomic mass is 127. The van der Waals surface area contributed by atoms with E-state index in [9.17, 15) is 8.42 Å². The van der Waals surface area contributed by atoms with Gasteiger partial charge in [0.25, 0.3) is 0 Å². The van der Waals surface area contributed by atoms with Crippen LogP contribution >= 0.6 is 22.6 Å². The summed E-state index contributed by atoms with van der Waals surface area (Å²) >= 11 is 2.12. The summed E-state index contributed by atoms with van der Waals surface area (Å²) in [5, 5.41) is 1.22. The standard InChI is InChI=1S/C18H19IO5S/c1-22-15-6-4-13(5-7-15)12-25(20,21)9-8-14-10-16(19)18(24-3)17(11-14)23-2/h4-11H,12H2,1-3H3/b9-8+. The average Bonchev–Trinajstić information content (AvgIpc) is 2.60. The van der Waals surface area contributed by atoms with E-state index >= 15 is 0 Å². The fraction of sp³-hybridized carbons (Fsp3) is 0.222. The lowest BCUT2D eigenvalue weighted by Gasteiger charge is -2.10. The lowest BCUT2D eigenvalue weighted by Crippen LogP contribution is -2.00. The maximum Gasteiger partial charge on any atom is 0.175 e. The van der Waals surface area contributed by atoms with Crippen molar-refractivity contribution >= 4 is 38.5 Å². The molecule has 0 saturated heterocycles. The average molecular weight is 474 g/mol. The summed E-state index contributed by atoms with van der Waals surface area (Å²) in [5.74, 6) is 1.80. The van der Waals surface area contributed by atoms with E-state index in [-0.39, 0.29) is 5.75 Å². The van der Waals surface area contributed by atoms with Gasteiger partial charge >= 0.3 is 0 Å². The van der Waals surface area contributed by atoms with Gasteiger partial charge in [-0.15, -0.1) is 0 Å². The van der Waals surface area contributed by atoms with Gasteiger partial charge in [-0.2, -0.15) is 0 Å². The molecule has 0 atom stereocenters. The third-order valence-electron chi connectivity index (χ3n) is 3.45. The van der Waals surface area contributed by atoms with Crippen molar-refractivity contribution < 1.29 is 22.6 Å². The van der Waals surface area contributed by atoms with E-state index in [0.29, 0.717) is 22.8 Å². The number of ether oxygens (including phenoxy) is 3. The number of benzene rings is 2. The van der Waals surface area contributed by atoms with Gasteiger partial charge in [0.15, 0.2) is 21.3 Å². The number of rotatable bonds is 7. The van der Waals surface area contributed by atoms with Gasteiger partial charge in [-0.25, -0.2) is 8.42 Å². The van der Waals surface area contributed by atoms with E-state index in [2.05, 4.69) is 22.6 Å². The third kappa shape index (κ3) is 5.37. The van der Waals surface area contributed by atoms with Crippen molar-refractivity contribution in [2.45, 2.75) is 5.75 Å². The number of halogens is 1. The zero-order valence-corrected chi connectivity index (χ0v) is 17.1. The molecule has 5 nitrogen and oxygen atoms in total. The van der Waals surface area contributed by atoms with Gasteiger partial charge in [-0.3, -0.25) is 0 Å². The van der Waals surface area contributed by atoms with Crippen molar-refractivity contribution in [1.82, 2.24) is 0 Å². The van der Waals surface area contributed by atoms with E-state index < -0.39 is 9.84 Å². The molecular formula is C18H19IO5S. The van der Waals surface area contributed by atoms with Crippen molar-refractivity contribution in [3.05, 3.63) is 56.5 Å². The molecule has 0 fully saturated rings. The summed E-state index contributed by atoms with van der Waals surface area (Å²) < 4.78 is 41.1. The summed E-state index contributed by atoms with van der Waals surface area (Å²) in [4.78, 5) is 0. The first-order valence-corrected chi connectivity index (χ1v) is 10.1. The van der Waals surface area contributed by atoms with E-state index in [1.165, 1.54) is 5.41 Å². The molecule has 0 aliphatic carbocycles. The topological polar surface area (TPSA) is 61.8 Å². The summed E-state index contributed by atoms with van der Waals surface area (Å²) in [6, 6.07) is 10.5. The zero-order chi connectivity index (χ0) is 18.4. The maximum absolute atomic E-state index is 12.3. The molecule has 0 radical (unpaired) electrons.